The minimum absolute atomic E-state index is 0.342. The van der Waals surface area contributed by atoms with Crippen molar-refractivity contribution in [2.24, 2.45) is 5.92 Å². The van der Waals surface area contributed by atoms with Gasteiger partial charge in [-0.25, -0.2) is 0 Å². The van der Waals surface area contributed by atoms with Crippen LogP contribution in [0.25, 0.3) is 0 Å². The van der Waals surface area contributed by atoms with Crippen LogP contribution in [0.15, 0.2) is 0 Å². The van der Waals surface area contributed by atoms with Crippen LogP contribution < -0.4 is 0 Å². The summed E-state index contributed by atoms with van der Waals surface area (Å²) in [5, 5.41) is 0. The first kappa shape index (κ1) is 23.8. The van der Waals surface area contributed by atoms with E-state index in [2.05, 4.69) is 20.8 Å². The smallest absolute Gasteiger partial charge is 0.313 e. The summed E-state index contributed by atoms with van der Waals surface area (Å²) in [4.78, 5) is 0. The molecule has 2 unspecified atom stereocenters. The van der Waals surface area contributed by atoms with Crippen LogP contribution in [0.1, 0.15) is 85.0 Å². The van der Waals surface area contributed by atoms with Gasteiger partial charge in [0, 0.05) is 28.4 Å². The van der Waals surface area contributed by atoms with Gasteiger partial charge in [0.1, 0.15) is 0 Å². The van der Waals surface area contributed by atoms with Crippen molar-refractivity contribution in [3.8, 4) is 0 Å². The summed E-state index contributed by atoms with van der Waals surface area (Å²) in [6.45, 7) is 6.65. The molecule has 0 aromatic rings. The lowest BCUT2D eigenvalue weighted by Crippen LogP contribution is -2.63. The minimum atomic E-state index is -1.17. The van der Waals surface area contributed by atoms with Crippen molar-refractivity contribution in [3.05, 3.63) is 0 Å². The fourth-order valence-electron chi connectivity index (χ4n) is 4.09. The van der Waals surface area contributed by atoms with Crippen LogP contribution in [0.3, 0.4) is 0 Å². The van der Waals surface area contributed by atoms with Gasteiger partial charge >= 0.3 is 5.97 Å². The van der Waals surface area contributed by atoms with E-state index in [-0.39, 0.29) is 0 Å². The maximum absolute atomic E-state index is 6.13. The largest absolute Gasteiger partial charge is 0.369 e. The molecule has 0 saturated carbocycles. The average molecular weight is 347 g/mol. The van der Waals surface area contributed by atoms with Gasteiger partial charge in [0.15, 0.2) is 5.60 Å². The Kier molecular flexibility index (Phi) is 13.0. The van der Waals surface area contributed by atoms with Crippen molar-refractivity contribution in [2.75, 3.05) is 28.4 Å². The molecule has 0 radical (unpaired) electrons. The minimum Gasteiger partial charge on any atom is -0.369 e. The van der Waals surface area contributed by atoms with Gasteiger partial charge in [-0.05, 0) is 25.2 Å². The molecule has 0 spiro atoms. The zero-order valence-electron chi connectivity index (χ0n) is 17.3. The van der Waals surface area contributed by atoms with Gasteiger partial charge in [0.25, 0.3) is 0 Å². The lowest BCUT2D eigenvalue weighted by molar-refractivity contribution is -0.434. The molecule has 4 heteroatoms. The van der Waals surface area contributed by atoms with E-state index in [0.717, 1.165) is 32.1 Å². The SMILES string of the molecule is CCCCCCCC(CCC)C(CCC)(OC)C(OC)(OC)OC. The van der Waals surface area contributed by atoms with Crippen molar-refractivity contribution in [2.45, 2.75) is 96.6 Å². The summed E-state index contributed by atoms with van der Waals surface area (Å²) in [6.07, 6.45) is 11.5. The predicted octanol–water partition coefficient (Wildman–Crippen LogP) is 5.54. The Balaban J connectivity index is 5.42. The van der Waals surface area contributed by atoms with E-state index in [4.69, 9.17) is 18.9 Å². The van der Waals surface area contributed by atoms with Gasteiger partial charge in [-0.2, -0.15) is 0 Å². The van der Waals surface area contributed by atoms with E-state index in [0.29, 0.717) is 5.92 Å². The van der Waals surface area contributed by atoms with Gasteiger partial charge in [-0.3, -0.25) is 0 Å². The van der Waals surface area contributed by atoms with E-state index < -0.39 is 11.6 Å². The highest BCUT2D eigenvalue weighted by Crippen LogP contribution is 2.45. The maximum atomic E-state index is 6.13. The van der Waals surface area contributed by atoms with Gasteiger partial charge < -0.3 is 18.9 Å². The van der Waals surface area contributed by atoms with E-state index in [1.165, 1.54) is 32.1 Å². The number of ether oxygens (including phenoxy) is 4. The second kappa shape index (κ2) is 13.1. The van der Waals surface area contributed by atoms with Crippen LogP contribution in [0.5, 0.6) is 0 Å². The molecule has 0 heterocycles. The van der Waals surface area contributed by atoms with Crippen LogP contribution >= 0.6 is 0 Å². The van der Waals surface area contributed by atoms with Gasteiger partial charge in [-0.15, -0.1) is 0 Å². The molecule has 146 valence electrons. The third kappa shape index (κ3) is 5.69. The summed E-state index contributed by atoms with van der Waals surface area (Å²) in [7, 11) is 6.68. The Labute approximate surface area is 150 Å². The van der Waals surface area contributed by atoms with Gasteiger partial charge in [-0.1, -0.05) is 65.7 Å². The van der Waals surface area contributed by atoms with Crippen molar-refractivity contribution < 1.29 is 18.9 Å². The lowest BCUT2D eigenvalue weighted by atomic mass is 9.75. The maximum Gasteiger partial charge on any atom is 0.313 e. The fourth-order valence-corrected chi connectivity index (χ4v) is 4.09. The molecular weight excluding hydrogens is 304 g/mol. The number of unbranched alkanes of at least 4 members (excludes halogenated alkanes) is 4. The van der Waals surface area contributed by atoms with E-state index >= 15 is 0 Å². The predicted molar refractivity (Wildman–Crippen MR) is 100 cm³/mol. The number of hydrogen-bond acceptors (Lipinski definition) is 4. The molecule has 0 aliphatic rings. The molecule has 0 aromatic carbocycles. The molecule has 0 aliphatic carbocycles. The van der Waals surface area contributed by atoms with Gasteiger partial charge in [0.05, 0.1) is 0 Å². The van der Waals surface area contributed by atoms with Crippen LogP contribution in [-0.2, 0) is 18.9 Å². The van der Waals surface area contributed by atoms with Crippen molar-refractivity contribution in [1.29, 1.82) is 0 Å². The molecule has 2 atom stereocenters. The molecule has 24 heavy (non-hydrogen) atoms. The van der Waals surface area contributed by atoms with Crippen molar-refractivity contribution in [3.63, 3.8) is 0 Å². The molecule has 4 nitrogen and oxygen atoms in total. The second-order valence-electron chi connectivity index (χ2n) is 6.70. The second-order valence-corrected chi connectivity index (χ2v) is 6.70. The molecule has 0 bridgehead atoms. The van der Waals surface area contributed by atoms with E-state index in [9.17, 15) is 0 Å². The molecule has 0 saturated heterocycles. The molecule has 0 amide bonds. The molecule has 0 rings (SSSR count). The highest BCUT2D eigenvalue weighted by atomic mass is 16.9. The first-order chi connectivity index (χ1) is 11.6. The molecule has 0 aromatic heterocycles. The monoisotopic (exact) mass is 346 g/mol. The molecular formula is C20H42O4. The zero-order valence-corrected chi connectivity index (χ0v) is 17.3. The Hall–Kier alpha value is -0.160. The third-order valence-electron chi connectivity index (χ3n) is 5.26. The lowest BCUT2D eigenvalue weighted by Gasteiger charge is -2.50. The molecule has 0 N–H and O–H groups in total. The molecule has 0 aliphatic heterocycles. The van der Waals surface area contributed by atoms with Crippen LogP contribution in [0.2, 0.25) is 0 Å². The summed E-state index contributed by atoms with van der Waals surface area (Å²) in [6, 6.07) is 0. The van der Waals surface area contributed by atoms with Crippen molar-refractivity contribution >= 4 is 0 Å². The van der Waals surface area contributed by atoms with Crippen LogP contribution in [-0.4, -0.2) is 40.0 Å². The third-order valence-corrected chi connectivity index (χ3v) is 5.26. The first-order valence-corrected chi connectivity index (χ1v) is 9.78. The molecule has 0 fully saturated rings. The Morgan fingerprint density at radius 2 is 1.21 bits per heavy atom. The average Bonchev–Trinajstić information content (AvgIpc) is 2.61. The Morgan fingerprint density at radius 3 is 1.62 bits per heavy atom. The number of rotatable bonds is 16. The summed E-state index contributed by atoms with van der Waals surface area (Å²) in [5.74, 6) is -0.824. The zero-order chi connectivity index (χ0) is 18.5. The highest BCUT2D eigenvalue weighted by molar-refractivity contribution is 4.96. The number of hydrogen-bond donors (Lipinski definition) is 0. The fraction of sp³-hybridized carbons (Fsp3) is 1.00. The Morgan fingerprint density at radius 1 is 0.625 bits per heavy atom. The van der Waals surface area contributed by atoms with Crippen LogP contribution in [0, 0.1) is 5.92 Å². The Bertz CT molecular complexity index is 283. The normalized spacial score (nSPS) is 16.1. The summed E-state index contributed by atoms with van der Waals surface area (Å²) in [5.41, 5.74) is -0.596. The standard InChI is InChI=1S/C20H42O4/c1-8-11-12-13-14-16-18(15-9-2)19(21-4,17-10-3)20(22-5,23-6)24-7/h18H,8-17H2,1-7H3. The quantitative estimate of drug-likeness (QED) is 0.271. The summed E-state index contributed by atoms with van der Waals surface area (Å²) < 4.78 is 23.4. The van der Waals surface area contributed by atoms with Crippen LogP contribution in [0.4, 0.5) is 0 Å². The van der Waals surface area contributed by atoms with E-state index in [1.807, 2.05) is 0 Å². The van der Waals surface area contributed by atoms with Crippen molar-refractivity contribution in [1.82, 2.24) is 0 Å². The first-order valence-electron chi connectivity index (χ1n) is 9.78. The highest BCUT2D eigenvalue weighted by Gasteiger charge is 2.58. The summed E-state index contributed by atoms with van der Waals surface area (Å²) >= 11 is 0. The topological polar surface area (TPSA) is 36.9 Å². The van der Waals surface area contributed by atoms with E-state index in [1.54, 1.807) is 28.4 Å². The number of methoxy groups -OCH3 is 4. The van der Waals surface area contributed by atoms with Gasteiger partial charge in [0.2, 0.25) is 0 Å².